The lowest BCUT2D eigenvalue weighted by molar-refractivity contribution is -0.143. The fraction of sp³-hybridized carbons (Fsp3) is 0.259. The van der Waals surface area contributed by atoms with E-state index in [4.69, 9.17) is 4.74 Å². The molecule has 0 aliphatic carbocycles. The first-order valence-electron chi connectivity index (χ1n) is 11.4. The normalized spacial score (nSPS) is 11.8. The molecule has 0 aliphatic rings. The number of amides is 2. The molecule has 0 unspecified atom stereocenters. The van der Waals surface area contributed by atoms with Gasteiger partial charge in [-0.1, -0.05) is 18.2 Å². The monoisotopic (exact) mass is 513 g/mol. The van der Waals surface area contributed by atoms with E-state index in [1.807, 2.05) is 19.1 Å². The summed E-state index contributed by atoms with van der Waals surface area (Å²) in [5.74, 6) is -1.98. The molecule has 10 heteroatoms. The van der Waals surface area contributed by atoms with Gasteiger partial charge in [0.25, 0.3) is 5.91 Å². The molecule has 1 heterocycles. The van der Waals surface area contributed by atoms with Crippen molar-refractivity contribution in [1.82, 2.24) is 9.88 Å². The van der Waals surface area contributed by atoms with Crippen molar-refractivity contribution in [3.63, 3.8) is 0 Å². The molecule has 0 saturated carbocycles. The molecule has 2 amide bonds. The number of carbonyl (C=O) groups is 3. The Labute approximate surface area is 212 Å². The topological polar surface area (TPSA) is 79.8 Å². The van der Waals surface area contributed by atoms with E-state index < -0.39 is 35.7 Å². The van der Waals surface area contributed by atoms with Gasteiger partial charge in [-0.3, -0.25) is 19.5 Å². The van der Waals surface area contributed by atoms with Crippen molar-refractivity contribution in [3.8, 4) is 0 Å². The second-order valence-corrected chi connectivity index (χ2v) is 8.33. The molecule has 0 saturated heterocycles. The van der Waals surface area contributed by atoms with Gasteiger partial charge in [0.2, 0.25) is 6.41 Å². The number of ether oxygens (including phenoxy) is 1. The summed E-state index contributed by atoms with van der Waals surface area (Å²) in [6, 6.07) is 10.8. The van der Waals surface area contributed by atoms with E-state index >= 15 is 0 Å². The quantitative estimate of drug-likeness (QED) is 0.140. The third-order valence-electron chi connectivity index (χ3n) is 5.88. The van der Waals surface area contributed by atoms with Crippen LogP contribution in [0.25, 0.3) is 10.9 Å². The standard InChI is InChI=1S/C27H26F3N3O4/c1-5-37-26(36)22(15-32(4)20-9-10-21-17(2)11-12-31-24(21)13-20)25(35)33(16-34)14-19-7-6-8-23(18(19)3)27(28,29)30/h6-13,15-16H,5,14H2,1-4H3/b22-15+. The second-order valence-electron chi connectivity index (χ2n) is 8.33. The predicted molar refractivity (Wildman–Crippen MR) is 132 cm³/mol. The van der Waals surface area contributed by atoms with E-state index in [2.05, 4.69) is 4.98 Å². The number of carbonyl (C=O) groups excluding carboxylic acids is 3. The van der Waals surface area contributed by atoms with Crippen LogP contribution in [0.3, 0.4) is 0 Å². The first-order valence-corrected chi connectivity index (χ1v) is 11.4. The number of aromatic nitrogens is 1. The van der Waals surface area contributed by atoms with Crippen LogP contribution < -0.4 is 4.90 Å². The van der Waals surface area contributed by atoms with Gasteiger partial charge in [-0.05, 0) is 61.7 Å². The van der Waals surface area contributed by atoms with Crippen LogP contribution in [0.5, 0.6) is 0 Å². The minimum absolute atomic E-state index is 0.0276. The van der Waals surface area contributed by atoms with Crippen LogP contribution in [-0.2, 0) is 31.8 Å². The molecule has 0 radical (unpaired) electrons. The van der Waals surface area contributed by atoms with Crippen molar-refractivity contribution in [2.75, 3.05) is 18.6 Å². The molecule has 2 aromatic carbocycles. The first kappa shape index (κ1) is 27.4. The molecule has 0 N–H and O–H groups in total. The average Bonchev–Trinajstić information content (AvgIpc) is 2.85. The molecule has 3 aromatic rings. The zero-order chi connectivity index (χ0) is 27.3. The maximum atomic E-state index is 13.3. The highest BCUT2D eigenvalue weighted by Gasteiger charge is 2.33. The summed E-state index contributed by atoms with van der Waals surface area (Å²) in [5, 5.41) is 0.939. The van der Waals surface area contributed by atoms with Gasteiger partial charge in [0.05, 0.1) is 24.2 Å². The lowest BCUT2D eigenvalue weighted by Gasteiger charge is -2.21. The van der Waals surface area contributed by atoms with Crippen molar-refractivity contribution in [2.24, 2.45) is 0 Å². The van der Waals surface area contributed by atoms with Crippen LogP contribution in [0.15, 0.2) is 60.4 Å². The van der Waals surface area contributed by atoms with Gasteiger partial charge in [0, 0.05) is 30.5 Å². The molecule has 0 bridgehead atoms. The van der Waals surface area contributed by atoms with Gasteiger partial charge < -0.3 is 9.64 Å². The van der Waals surface area contributed by atoms with Gasteiger partial charge in [-0.15, -0.1) is 0 Å². The number of halogens is 3. The summed E-state index contributed by atoms with van der Waals surface area (Å²) in [6.07, 6.45) is -1.52. The molecule has 0 aliphatic heterocycles. The van der Waals surface area contributed by atoms with Crippen molar-refractivity contribution in [2.45, 2.75) is 33.5 Å². The van der Waals surface area contributed by atoms with Gasteiger partial charge in [0.15, 0.2) is 0 Å². The maximum absolute atomic E-state index is 13.3. The molecular weight excluding hydrogens is 487 g/mol. The largest absolute Gasteiger partial charge is 0.462 e. The zero-order valence-electron chi connectivity index (χ0n) is 20.8. The number of fused-ring (bicyclic) bond motifs is 1. The van der Waals surface area contributed by atoms with Crippen molar-refractivity contribution in [1.29, 1.82) is 0 Å². The number of rotatable bonds is 8. The molecule has 0 atom stereocenters. The van der Waals surface area contributed by atoms with E-state index in [0.29, 0.717) is 16.1 Å². The van der Waals surface area contributed by atoms with Crippen LogP contribution >= 0.6 is 0 Å². The summed E-state index contributed by atoms with van der Waals surface area (Å²) in [7, 11) is 1.60. The van der Waals surface area contributed by atoms with Gasteiger partial charge in [0.1, 0.15) is 5.57 Å². The van der Waals surface area contributed by atoms with Crippen molar-refractivity contribution >= 4 is 34.9 Å². The number of esters is 1. The summed E-state index contributed by atoms with van der Waals surface area (Å²) in [6.45, 7) is 4.28. The molecule has 0 fully saturated rings. The Morgan fingerprint density at radius 3 is 2.49 bits per heavy atom. The number of hydrogen-bond acceptors (Lipinski definition) is 6. The number of nitrogens with zero attached hydrogens (tertiary/aromatic N) is 3. The molecule has 3 rings (SSSR count). The first-order chi connectivity index (χ1) is 17.5. The van der Waals surface area contributed by atoms with Crippen LogP contribution in [0, 0.1) is 13.8 Å². The fourth-order valence-electron chi connectivity index (χ4n) is 3.83. The number of aryl methyl sites for hydroxylation is 1. The number of anilines is 1. The van der Waals surface area contributed by atoms with Gasteiger partial charge in [-0.25, -0.2) is 4.79 Å². The summed E-state index contributed by atoms with van der Waals surface area (Å²) in [5.41, 5.74) is 1.00. The number of hydrogen-bond donors (Lipinski definition) is 0. The summed E-state index contributed by atoms with van der Waals surface area (Å²) >= 11 is 0. The van der Waals surface area contributed by atoms with E-state index in [0.717, 1.165) is 17.0 Å². The Hall–Kier alpha value is -4.21. The third kappa shape index (κ3) is 6.14. The average molecular weight is 514 g/mol. The summed E-state index contributed by atoms with van der Waals surface area (Å²) < 4.78 is 45.0. The van der Waals surface area contributed by atoms with Gasteiger partial charge in [-0.2, -0.15) is 13.2 Å². The smallest absolute Gasteiger partial charge is 0.416 e. The van der Waals surface area contributed by atoms with Crippen LogP contribution in [-0.4, -0.2) is 41.8 Å². The zero-order valence-corrected chi connectivity index (χ0v) is 20.8. The molecule has 194 valence electrons. The number of imide groups is 1. The highest BCUT2D eigenvalue weighted by molar-refractivity contribution is 6.18. The molecule has 1 aromatic heterocycles. The van der Waals surface area contributed by atoms with E-state index in [9.17, 15) is 27.6 Å². The SMILES string of the molecule is CCOC(=O)/C(=C/N(C)c1ccc2c(C)ccnc2c1)C(=O)N(C=O)Cc1cccc(C(F)(F)F)c1C. The minimum atomic E-state index is -4.60. The second kappa shape index (κ2) is 11.2. The van der Waals surface area contributed by atoms with Crippen LogP contribution in [0.2, 0.25) is 0 Å². The lowest BCUT2D eigenvalue weighted by Crippen LogP contribution is -2.35. The minimum Gasteiger partial charge on any atom is -0.462 e. The Kier molecular flexibility index (Phi) is 8.31. The van der Waals surface area contributed by atoms with E-state index in [1.165, 1.54) is 30.2 Å². The van der Waals surface area contributed by atoms with Gasteiger partial charge >= 0.3 is 12.1 Å². The molecule has 0 spiro atoms. The van der Waals surface area contributed by atoms with E-state index in [-0.39, 0.29) is 24.1 Å². The Morgan fingerprint density at radius 1 is 1.11 bits per heavy atom. The number of alkyl halides is 3. The maximum Gasteiger partial charge on any atom is 0.416 e. The van der Waals surface area contributed by atoms with E-state index in [1.54, 1.807) is 32.3 Å². The van der Waals surface area contributed by atoms with Crippen molar-refractivity contribution in [3.05, 3.63) is 82.7 Å². The molecule has 37 heavy (non-hydrogen) atoms. The Morgan fingerprint density at radius 2 is 1.84 bits per heavy atom. The molecular formula is C27H26F3N3O4. The van der Waals surface area contributed by atoms with Crippen LogP contribution in [0.4, 0.5) is 18.9 Å². The highest BCUT2D eigenvalue weighted by Crippen LogP contribution is 2.33. The summed E-state index contributed by atoms with van der Waals surface area (Å²) in [4.78, 5) is 44.3. The fourth-order valence-corrected chi connectivity index (χ4v) is 3.83. The predicted octanol–water partition coefficient (Wildman–Crippen LogP) is 4.94. The van der Waals surface area contributed by atoms with Crippen molar-refractivity contribution < 1.29 is 32.3 Å². The third-order valence-corrected chi connectivity index (χ3v) is 5.88. The lowest BCUT2D eigenvalue weighted by atomic mass is 10.0. The Balaban J connectivity index is 1.97. The number of benzene rings is 2. The Bertz CT molecular complexity index is 1370. The van der Waals surface area contributed by atoms with Crippen LogP contribution in [0.1, 0.15) is 29.2 Å². The highest BCUT2D eigenvalue weighted by atomic mass is 19.4. The number of pyridine rings is 1. The molecule has 7 nitrogen and oxygen atoms in total.